The second kappa shape index (κ2) is 17.8. The zero-order valence-corrected chi connectivity index (χ0v) is 7.28. The van der Waals surface area contributed by atoms with Crippen LogP contribution in [0.1, 0.15) is 2.85 Å². The summed E-state index contributed by atoms with van der Waals surface area (Å²) in [5, 5.41) is 0. The molecule has 0 radical (unpaired) electrons. The molecule has 0 aliphatic heterocycles. The summed E-state index contributed by atoms with van der Waals surface area (Å²) in [6, 6.07) is 0. The quantitative estimate of drug-likeness (QED) is 0.410. The van der Waals surface area contributed by atoms with E-state index >= 15 is 0 Å². The topological polar surface area (TPSA) is 31.5 Å². The third-order valence-electron chi connectivity index (χ3n) is 0. The average Bonchev–Trinajstić information content (AvgIpc) is 0. The molecule has 0 saturated carbocycles. The monoisotopic (exact) mass is 268 g/mol. The molecule has 0 saturated heterocycles. The molecule has 0 aromatic carbocycles. The summed E-state index contributed by atoms with van der Waals surface area (Å²) in [4.78, 5) is 0. The zero-order valence-electron chi connectivity index (χ0n) is 3.71. The summed E-state index contributed by atoms with van der Waals surface area (Å²) in [5.74, 6) is 0. The molecule has 1 nitrogen and oxygen atoms in total. The first-order valence-electron chi connectivity index (χ1n) is 0. The van der Waals surface area contributed by atoms with E-state index < -0.39 is 0 Å². The van der Waals surface area contributed by atoms with E-state index in [2.05, 4.69) is 0 Å². The van der Waals surface area contributed by atoms with Gasteiger partial charge >= 0.3 is 80.1 Å². The van der Waals surface area contributed by atoms with Crippen molar-refractivity contribution in [1.82, 2.24) is 0 Å². The maximum atomic E-state index is 0. The summed E-state index contributed by atoms with van der Waals surface area (Å²) in [6.07, 6.45) is 0. The summed E-state index contributed by atoms with van der Waals surface area (Å²) >= 11 is 0. The van der Waals surface area contributed by atoms with Crippen molar-refractivity contribution < 1.29 is 8.33 Å². The molecule has 0 fully saturated rings. The van der Waals surface area contributed by atoms with E-state index in [1.807, 2.05) is 0 Å². The first kappa shape index (κ1) is 31.4. The summed E-state index contributed by atoms with van der Waals surface area (Å²) < 4.78 is 0. The summed E-state index contributed by atoms with van der Waals surface area (Å²) in [7, 11) is 0. The van der Waals surface area contributed by atoms with Crippen LogP contribution in [-0.2, 0) is 0 Å². The molecule has 0 aromatic rings. The van der Waals surface area contributed by atoms with Crippen molar-refractivity contribution in [3.8, 4) is 0 Å². The van der Waals surface area contributed by atoms with Gasteiger partial charge < -0.3 is 8.33 Å². The van der Waals surface area contributed by atoms with Gasteiger partial charge in [0.15, 0.2) is 0 Å². The fraction of sp³-hybridized carbons (Fsp3) is 0. The molecule has 0 aromatic heterocycles. The molecule has 0 aliphatic rings. The van der Waals surface area contributed by atoms with Crippen molar-refractivity contribution in [2.24, 2.45) is 0 Å². The Morgan fingerprint density at radius 2 is 1.25 bits per heavy atom. The van der Waals surface area contributed by atoms with Crippen molar-refractivity contribution in [1.29, 1.82) is 0 Å². The molecule has 0 atom stereocenters. The molecule has 4 heteroatoms. The van der Waals surface area contributed by atoms with Gasteiger partial charge in [-0.15, -0.1) is 0 Å². The van der Waals surface area contributed by atoms with Crippen molar-refractivity contribution in [2.75, 3.05) is 0 Å². The van der Waals surface area contributed by atoms with Crippen molar-refractivity contribution >= 4 is 80.1 Å². The minimum Gasteiger partial charge on any atom is 2.00 e. The molecule has 0 rings (SSSR count). The standard InChI is InChI=1S/GeH4.H2O.H2Se.Sr.2H/h1H4;2*1H2;;;/q;;;+2;2*-1. The van der Waals surface area contributed by atoms with Gasteiger partial charge in [-0.1, -0.05) is 0 Å². The molecule has 0 bridgehead atoms. The van der Waals surface area contributed by atoms with Crippen LogP contribution in [0, 0.1) is 0 Å². The molecule has 4 heavy (non-hydrogen) atoms. The zero-order chi connectivity index (χ0) is 0. The Hall–Kier alpha value is 2.50. The normalized spacial score (nSPS) is 0. The van der Waals surface area contributed by atoms with Gasteiger partial charge in [-0.2, -0.15) is 0 Å². The first-order chi connectivity index (χ1) is 0. The van der Waals surface area contributed by atoms with Crippen LogP contribution in [0.25, 0.3) is 0 Å². The Morgan fingerprint density at radius 3 is 1.25 bits per heavy atom. The van der Waals surface area contributed by atoms with Crippen LogP contribution in [0.15, 0.2) is 0 Å². The predicted molar refractivity (Wildman–Crippen MR) is 31.5 cm³/mol. The van der Waals surface area contributed by atoms with Crippen molar-refractivity contribution in [3.05, 3.63) is 0 Å². The molecule has 28 valence electrons. The number of rotatable bonds is 0. The van der Waals surface area contributed by atoms with Crippen LogP contribution in [0.5, 0.6) is 0 Å². The van der Waals surface area contributed by atoms with Gasteiger partial charge in [-0.05, 0) is 0 Å². The Balaban J connectivity index is 0. The number of hydrogen-bond donors (Lipinski definition) is 0. The molecule has 0 aliphatic carbocycles. The van der Waals surface area contributed by atoms with E-state index in [0.717, 1.165) is 0 Å². The van der Waals surface area contributed by atoms with Crippen LogP contribution >= 0.6 is 0 Å². The smallest absolute Gasteiger partial charge is 2.00 e. The predicted octanol–water partition coefficient (Wildman–Crippen LogP) is -3.35. The maximum absolute atomic E-state index is 0. The van der Waals surface area contributed by atoms with E-state index in [1.54, 1.807) is 0 Å². The van der Waals surface area contributed by atoms with E-state index in [4.69, 9.17) is 0 Å². The van der Waals surface area contributed by atoms with Gasteiger partial charge in [-0.3, -0.25) is 0 Å². The third-order valence-corrected chi connectivity index (χ3v) is 0. The second-order valence-corrected chi connectivity index (χ2v) is 0. The molecular formula is H10GeOSeSr. The maximum Gasteiger partial charge on any atom is 2.00 e. The van der Waals surface area contributed by atoms with Crippen LogP contribution in [-0.4, -0.2) is 85.6 Å². The summed E-state index contributed by atoms with van der Waals surface area (Å²) in [5.41, 5.74) is 0. The van der Waals surface area contributed by atoms with Gasteiger partial charge in [0.05, 0.1) is 0 Å². The fourth-order valence-corrected chi connectivity index (χ4v) is 0. The van der Waals surface area contributed by atoms with Crippen LogP contribution < -0.4 is 0 Å². The first-order valence-corrected chi connectivity index (χ1v) is 0. The second-order valence-electron chi connectivity index (χ2n) is 0. The van der Waals surface area contributed by atoms with Crippen LogP contribution in [0.3, 0.4) is 0 Å². The molecule has 0 unspecified atom stereocenters. The SMILES string of the molecule is O.[GeH4].[H-].[H-].[SeH2].[Sr+2]. The number of hydrogen-bond acceptors (Lipinski definition) is 0. The minimum atomic E-state index is 0. The Bertz CT molecular complexity index is 13.5. The average molecular weight is 265 g/mol. The molecular weight excluding hydrogens is 255 g/mol. The van der Waals surface area contributed by atoms with Crippen molar-refractivity contribution in [2.45, 2.75) is 0 Å². The molecule has 0 heterocycles. The van der Waals surface area contributed by atoms with Gasteiger partial charge in [-0.25, -0.2) is 0 Å². The Kier molecular flexibility index (Phi) is 140. The van der Waals surface area contributed by atoms with E-state index in [-0.39, 0.29) is 88.5 Å². The largest absolute Gasteiger partial charge is 2.00 e. The van der Waals surface area contributed by atoms with Crippen molar-refractivity contribution in [3.63, 3.8) is 0 Å². The van der Waals surface area contributed by atoms with E-state index in [0.29, 0.717) is 0 Å². The molecule has 0 amide bonds. The Morgan fingerprint density at radius 1 is 1.25 bits per heavy atom. The van der Waals surface area contributed by atoms with E-state index in [9.17, 15) is 0 Å². The fourth-order valence-electron chi connectivity index (χ4n) is 0. The molecule has 2 N–H and O–H groups in total. The van der Waals surface area contributed by atoms with Crippen LogP contribution in [0.4, 0.5) is 0 Å². The third kappa shape index (κ3) is 8.82. The summed E-state index contributed by atoms with van der Waals surface area (Å²) in [6.45, 7) is 0. The molecule has 0 spiro atoms. The Labute approximate surface area is 86.9 Å². The van der Waals surface area contributed by atoms with Crippen LogP contribution in [0.2, 0.25) is 0 Å². The van der Waals surface area contributed by atoms with Gasteiger partial charge in [0, 0.05) is 0 Å². The minimum absolute atomic E-state index is 0. The van der Waals surface area contributed by atoms with Gasteiger partial charge in [0.25, 0.3) is 0 Å². The van der Waals surface area contributed by atoms with E-state index in [1.165, 1.54) is 0 Å². The van der Waals surface area contributed by atoms with Gasteiger partial charge in [0.1, 0.15) is 0 Å². The van der Waals surface area contributed by atoms with Gasteiger partial charge in [0.2, 0.25) is 0 Å².